The van der Waals surface area contributed by atoms with Crippen LogP contribution in [0.3, 0.4) is 0 Å². The first-order valence-corrected chi connectivity index (χ1v) is 7.16. The van der Waals surface area contributed by atoms with Crippen LogP contribution in [-0.4, -0.2) is 7.11 Å². The highest BCUT2D eigenvalue weighted by Gasteiger charge is 2.18. The minimum absolute atomic E-state index is 0.0162. The minimum atomic E-state index is -0.591. The summed E-state index contributed by atoms with van der Waals surface area (Å²) in [7, 11) is 1.53. The van der Waals surface area contributed by atoms with Crippen LogP contribution < -0.4 is 4.74 Å². The summed E-state index contributed by atoms with van der Waals surface area (Å²) in [5.41, 5.74) is 0.678. The number of alkyl halides is 1. The number of methoxy groups -OCH3 is 1. The number of benzene rings is 2. The van der Waals surface area contributed by atoms with E-state index < -0.39 is 17.0 Å². The summed E-state index contributed by atoms with van der Waals surface area (Å²) >= 11 is 9.63. The van der Waals surface area contributed by atoms with Gasteiger partial charge in [-0.15, -0.1) is 11.6 Å². The summed E-state index contributed by atoms with van der Waals surface area (Å²) in [5, 5.41) is -0.579. The van der Waals surface area contributed by atoms with Gasteiger partial charge in [0.2, 0.25) is 0 Å². The van der Waals surface area contributed by atoms with Gasteiger partial charge in [-0.25, -0.2) is 8.78 Å². The monoisotopic (exact) mass is 360 g/mol. The Morgan fingerprint density at radius 2 is 1.85 bits per heavy atom. The van der Waals surface area contributed by atoms with Gasteiger partial charge in [0, 0.05) is 15.6 Å². The molecule has 1 nitrogen and oxygen atoms in total. The van der Waals surface area contributed by atoms with Crippen LogP contribution in [0.4, 0.5) is 8.78 Å². The average Bonchev–Trinajstić information content (AvgIpc) is 2.42. The first kappa shape index (κ1) is 15.3. The summed E-state index contributed by atoms with van der Waals surface area (Å²) in [6.45, 7) is 0. The molecule has 0 saturated carbocycles. The summed E-state index contributed by atoms with van der Waals surface area (Å²) in [6.07, 6.45) is 0.0536. The van der Waals surface area contributed by atoms with Crippen LogP contribution in [0.25, 0.3) is 0 Å². The lowest BCUT2D eigenvalue weighted by Crippen LogP contribution is -2.03. The van der Waals surface area contributed by atoms with E-state index in [9.17, 15) is 8.78 Å². The molecule has 0 aliphatic rings. The van der Waals surface area contributed by atoms with Crippen LogP contribution in [0.15, 0.2) is 40.9 Å². The van der Waals surface area contributed by atoms with Crippen molar-refractivity contribution in [2.45, 2.75) is 11.8 Å². The third kappa shape index (κ3) is 3.30. The lowest BCUT2D eigenvalue weighted by atomic mass is 10.0. The molecule has 0 fully saturated rings. The smallest absolute Gasteiger partial charge is 0.129 e. The van der Waals surface area contributed by atoms with Gasteiger partial charge in [-0.05, 0) is 30.7 Å². The molecule has 0 amide bonds. The maximum Gasteiger partial charge on any atom is 0.129 e. The van der Waals surface area contributed by atoms with Crippen molar-refractivity contribution in [2.75, 3.05) is 7.11 Å². The molecule has 0 N–H and O–H groups in total. The van der Waals surface area contributed by atoms with Crippen molar-refractivity contribution in [2.24, 2.45) is 0 Å². The summed E-state index contributed by atoms with van der Waals surface area (Å²) < 4.78 is 33.4. The summed E-state index contributed by atoms with van der Waals surface area (Å²) in [5.74, 6) is -0.602. The summed E-state index contributed by atoms with van der Waals surface area (Å²) in [6, 6.07) is 9.13. The van der Waals surface area contributed by atoms with Crippen molar-refractivity contribution < 1.29 is 13.5 Å². The normalized spacial score (nSPS) is 12.2. The van der Waals surface area contributed by atoms with Gasteiger partial charge in [0.25, 0.3) is 0 Å². The molecule has 1 unspecified atom stereocenters. The maximum atomic E-state index is 13.6. The van der Waals surface area contributed by atoms with Crippen LogP contribution in [-0.2, 0) is 6.42 Å². The Kier molecular flexibility index (Phi) is 5.00. The average molecular weight is 362 g/mol. The quantitative estimate of drug-likeness (QED) is 0.675. The largest absolute Gasteiger partial charge is 0.496 e. The molecule has 0 aliphatic heterocycles. The Morgan fingerprint density at radius 3 is 2.45 bits per heavy atom. The minimum Gasteiger partial charge on any atom is -0.496 e. The molecular formula is C15H12BrClF2O. The topological polar surface area (TPSA) is 9.23 Å². The van der Waals surface area contributed by atoms with E-state index in [0.717, 1.165) is 4.47 Å². The molecule has 0 bridgehead atoms. The molecule has 20 heavy (non-hydrogen) atoms. The molecule has 2 rings (SSSR count). The van der Waals surface area contributed by atoms with E-state index in [1.54, 1.807) is 12.1 Å². The number of hydrogen-bond acceptors (Lipinski definition) is 1. The molecule has 0 spiro atoms. The fraction of sp³-hybridized carbons (Fsp3) is 0.200. The van der Waals surface area contributed by atoms with Crippen molar-refractivity contribution in [1.82, 2.24) is 0 Å². The number of hydrogen-bond donors (Lipinski definition) is 0. The third-order valence-corrected chi connectivity index (χ3v) is 3.86. The van der Waals surface area contributed by atoms with E-state index in [0.29, 0.717) is 11.3 Å². The molecule has 0 saturated heterocycles. The Morgan fingerprint density at radius 1 is 1.20 bits per heavy atom. The summed E-state index contributed by atoms with van der Waals surface area (Å²) in [4.78, 5) is 0. The highest BCUT2D eigenvalue weighted by Crippen LogP contribution is 2.35. The molecule has 2 aromatic rings. The molecule has 106 valence electrons. The fourth-order valence-electron chi connectivity index (χ4n) is 1.96. The van der Waals surface area contributed by atoms with E-state index in [2.05, 4.69) is 15.9 Å². The lowest BCUT2D eigenvalue weighted by Gasteiger charge is -2.15. The standard InChI is InChI=1S/C15H12BrClF2O/c1-20-15-7-9(16)5-6-10(15)12(17)8-11-13(18)3-2-4-14(11)19/h2-7,12H,8H2,1H3. The SMILES string of the molecule is COc1cc(Br)ccc1C(Cl)Cc1c(F)cccc1F. The van der Waals surface area contributed by atoms with Crippen molar-refractivity contribution in [3.8, 4) is 5.75 Å². The number of rotatable bonds is 4. The molecule has 1 atom stereocenters. The van der Waals surface area contributed by atoms with E-state index in [-0.39, 0.29) is 12.0 Å². The van der Waals surface area contributed by atoms with Crippen LogP contribution >= 0.6 is 27.5 Å². The third-order valence-electron chi connectivity index (χ3n) is 2.98. The van der Waals surface area contributed by atoms with Gasteiger partial charge in [-0.3, -0.25) is 0 Å². The van der Waals surface area contributed by atoms with E-state index in [4.69, 9.17) is 16.3 Å². The van der Waals surface area contributed by atoms with E-state index in [1.165, 1.54) is 25.3 Å². The molecule has 0 radical (unpaired) electrons. The molecule has 0 heterocycles. The van der Waals surface area contributed by atoms with E-state index >= 15 is 0 Å². The molecule has 0 aliphatic carbocycles. The predicted octanol–water partition coefficient (Wildman–Crippen LogP) is 5.26. The van der Waals surface area contributed by atoms with Gasteiger partial charge < -0.3 is 4.74 Å². The molecule has 5 heteroatoms. The first-order chi connectivity index (χ1) is 9.52. The maximum absolute atomic E-state index is 13.6. The van der Waals surface area contributed by atoms with Crippen molar-refractivity contribution in [1.29, 1.82) is 0 Å². The highest BCUT2D eigenvalue weighted by atomic mass is 79.9. The Labute approximate surface area is 129 Å². The first-order valence-electron chi connectivity index (χ1n) is 5.93. The van der Waals surface area contributed by atoms with Crippen LogP contribution in [0.5, 0.6) is 5.75 Å². The van der Waals surface area contributed by atoms with Crippen LogP contribution in [0, 0.1) is 11.6 Å². The predicted molar refractivity (Wildman–Crippen MR) is 79.4 cm³/mol. The number of halogens is 4. The second-order valence-corrected chi connectivity index (χ2v) is 5.70. The zero-order valence-electron chi connectivity index (χ0n) is 10.7. The Balaban J connectivity index is 2.31. The highest BCUT2D eigenvalue weighted by molar-refractivity contribution is 9.10. The van der Waals surface area contributed by atoms with Crippen LogP contribution in [0.1, 0.15) is 16.5 Å². The molecule has 0 aromatic heterocycles. The lowest BCUT2D eigenvalue weighted by molar-refractivity contribution is 0.408. The van der Waals surface area contributed by atoms with Gasteiger partial charge in [0.05, 0.1) is 12.5 Å². The van der Waals surface area contributed by atoms with Gasteiger partial charge in [-0.1, -0.05) is 28.1 Å². The zero-order chi connectivity index (χ0) is 14.7. The zero-order valence-corrected chi connectivity index (χ0v) is 13.0. The van der Waals surface area contributed by atoms with Gasteiger partial charge in [-0.2, -0.15) is 0 Å². The molecule has 2 aromatic carbocycles. The Hall–Kier alpha value is -1.13. The second kappa shape index (κ2) is 6.55. The van der Waals surface area contributed by atoms with Crippen molar-refractivity contribution >= 4 is 27.5 Å². The van der Waals surface area contributed by atoms with Gasteiger partial charge >= 0.3 is 0 Å². The van der Waals surface area contributed by atoms with Crippen molar-refractivity contribution in [3.63, 3.8) is 0 Å². The van der Waals surface area contributed by atoms with Crippen molar-refractivity contribution in [3.05, 3.63) is 63.6 Å². The second-order valence-electron chi connectivity index (χ2n) is 4.26. The van der Waals surface area contributed by atoms with Crippen LogP contribution in [0.2, 0.25) is 0 Å². The molecular weight excluding hydrogens is 350 g/mol. The van der Waals surface area contributed by atoms with Gasteiger partial charge in [0.15, 0.2) is 0 Å². The number of ether oxygens (including phenoxy) is 1. The fourth-order valence-corrected chi connectivity index (χ4v) is 2.63. The van der Waals surface area contributed by atoms with Gasteiger partial charge in [0.1, 0.15) is 17.4 Å². The Bertz CT molecular complexity index is 599. The van der Waals surface area contributed by atoms with E-state index in [1.807, 2.05) is 6.07 Å².